The van der Waals surface area contributed by atoms with Gasteiger partial charge in [0.05, 0.1) is 22.2 Å². The minimum absolute atomic E-state index is 0.284. The number of benzene rings is 1. The highest BCUT2D eigenvalue weighted by molar-refractivity contribution is 5.93. The van der Waals surface area contributed by atoms with Gasteiger partial charge in [-0.1, -0.05) is 5.06 Å². The molecule has 2 fully saturated rings. The first-order valence-electron chi connectivity index (χ1n) is 12.0. The summed E-state index contributed by atoms with van der Waals surface area (Å²) in [7, 11) is 0. The third-order valence-electron chi connectivity index (χ3n) is 7.17. The number of ether oxygens (including phenoxy) is 2. The molecule has 3 N–H and O–H groups in total. The summed E-state index contributed by atoms with van der Waals surface area (Å²) in [5, 5.41) is 21.7. The maximum Gasteiger partial charge on any atom is 0.338 e. The summed E-state index contributed by atoms with van der Waals surface area (Å²) in [6.45, 7) is 15.6. The molecule has 8 nitrogen and oxygen atoms in total. The molecule has 2 saturated heterocycles. The van der Waals surface area contributed by atoms with Crippen LogP contribution in [0.3, 0.4) is 0 Å². The Labute approximate surface area is 202 Å². The van der Waals surface area contributed by atoms with Crippen LogP contribution >= 0.6 is 0 Å². The van der Waals surface area contributed by atoms with Crippen LogP contribution in [0.5, 0.6) is 0 Å². The maximum absolute atomic E-state index is 12.8. The van der Waals surface area contributed by atoms with Gasteiger partial charge in [-0.05, 0) is 79.7 Å². The molecule has 2 aliphatic rings. The summed E-state index contributed by atoms with van der Waals surface area (Å²) < 4.78 is 11.5. The first-order valence-corrected chi connectivity index (χ1v) is 12.0. The van der Waals surface area contributed by atoms with Crippen molar-refractivity contribution in [2.75, 3.05) is 0 Å². The Morgan fingerprint density at radius 3 is 1.35 bits per heavy atom. The van der Waals surface area contributed by atoms with Crippen LogP contribution in [-0.4, -0.2) is 66.8 Å². The summed E-state index contributed by atoms with van der Waals surface area (Å²) in [5.74, 6) is -0.886. The predicted octanol–water partition coefficient (Wildman–Crippen LogP) is 4.07. The van der Waals surface area contributed by atoms with Crippen molar-refractivity contribution in [3.63, 3.8) is 0 Å². The Bertz CT molecular complexity index is 811. The minimum atomic E-state index is -0.514. The smallest absolute Gasteiger partial charge is 0.338 e. The van der Waals surface area contributed by atoms with E-state index in [1.807, 2.05) is 55.4 Å². The zero-order chi connectivity index (χ0) is 25.7. The molecule has 2 aliphatic heterocycles. The molecule has 8 heteroatoms. The van der Waals surface area contributed by atoms with Crippen LogP contribution in [0.25, 0.3) is 0 Å². The van der Waals surface area contributed by atoms with Gasteiger partial charge in [-0.25, -0.2) is 9.59 Å². The molecule has 1 aromatic rings. The second kappa shape index (κ2) is 8.90. The number of carbonyl (C=O) groups excluding carboxylic acids is 2. The van der Waals surface area contributed by atoms with Gasteiger partial charge in [0.25, 0.3) is 0 Å². The molecule has 0 atom stereocenters. The molecule has 0 saturated carbocycles. The molecule has 190 valence electrons. The number of carbonyl (C=O) groups is 2. The topological polar surface area (TPSA) is 102 Å². The van der Waals surface area contributed by atoms with E-state index in [2.05, 4.69) is 0 Å². The monoisotopic (exact) mass is 477 g/mol. The fourth-order valence-electron chi connectivity index (χ4n) is 5.72. The highest BCUT2D eigenvalue weighted by Crippen LogP contribution is 2.39. The molecule has 0 bridgehead atoms. The van der Waals surface area contributed by atoms with Gasteiger partial charge in [-0.15, -0.1) is 0 Å². The number of hydroxylamine groups is 4. The van der Waals surface area contributed by atoms with Crippen LogP contribution in [0.2, 0.25) is 0 Å². The first kappa shape index (κ1) is 26.6. The number of piperidine rings is 2. The lowest BCUT2D eigenvalue weighted by molar-refractivity contribution is -0.256. The van der Waals surface area contributed by atoms with Gasteiger partial charge in [0.1, 0.15) is 12.2 Å². The van der Waals surface area contributed by atoms with Gasteiger partial charge >= 0.3 is 11.9 Å². The zero-order valence-corrected chi connectivity index (χ0v) is 21.8. The van der Waals surface area contributed by atoms with E-state index < -0.39 is 34.1 Å². The third-order valence-corrected chi connectivity index (χ3v) is 7.17. The van der Waals surface area contributed by atoms with E-state index >= 15 is 0 Å². The van der Waals surface area contributed by atoms with Gasteiger partial charge < -0.3 is 19.9 Å². The van der Waals surface area contributed by atoms with E-state index in [0.717, 1.165) is 0 Å². The van der Waals surface area contributed by atoms with E-state index in [9.17, 15) is 14.8 Å². The lowest BCUT2D eigenvalue weighted by Crippen LogP contribution is -2.60. The van der Waals surface area contributed by atoms with Gasteiger partial charge in [-0.3, -0.25) is 0 Å². The Balaban J connectivity index is 1.62. The molecule has 0 unspecified atom stereocenters. The molecule has 0 amide bonds. The maximum atomic E-state index is 12.8. The first-order chi connectivity index (χ1) is 15.4. The van der Waals surface area contributed by atoms with Crippen molar-refractivity contribution in [3.05, 3.63) is 35.4 Å². The van der Waals surface area contributed by atoms with Crippen LogP contribution in [0.15, 0.2) is 24.3 Å². The molecular weight excluding hydrogens is 436 g/mol. The van der Waals surface area contributed by atoms with Crippen LogP contribution in [-0.2, 0) is 9.47 Å². The Kier molecular flexibility index (Phi) is 6.96. The van der Waals surface area contributed by atoms with Gasteiger partial charge in [0, 0.05) is 36.8 Å². The van der Waals surface area contributed by atoms with Crippen molar-refractivity contribution in [3.8, 4) is 0 Å². The normalized spacial score (nSPS) is 25.0. The van der Waals surface area contributed by atoms with Crippen LogP contribution in [0.4, 0.5) is 0 Å². The second-order valence-electron chi connectivity index (χ2n) is 12.3. The Morgan fingerprint density at radius 1 is 0.735 bits per heavy atom. The number of hydrogen-bond donors (Lipinski definition) is 1. The molecule has 1 aromatic carbocycles. The third kappa shape index (κ3) is 5.46. The lowest BCUT2D eigenvalue weighted by Gasteiger charge is -2.50. The van der Waals surface area contributed by atoms with Crippen molar-refractivity contribution < 1.29 is 29.5 Å². The van der Waals surface area contributed by atoms with Crippen molar-refractivity contribution in [1.82, 2.24) is 10.1 Å². The summed E-state index contributed by atoms with van der Waals surface area (Å²) in [6.07, 6.45) is 1.60. The molecule has 3 rings (SSSR count). The minimum Gasteiger partial charge on any atom is -0.459 e. The Hall–Kier alpha value is -2.00. The largest absolute Gasteiger partial charge is 0.459 e. The highest BCUT2D eigenvalue weighted by atomic mass is 16.6. The van der Waals surface area contributed by atoms with E-state index in [4.69, 9.17) is 14.7 Å². The zero-order valence-electron chi connectivity index (χ0n) is 21.8. The van der Waals surface area contributed by atoms with E-state index in [0.29, 0.717) is 36.8 Å². The Morgan fingerprint density at radius 2 is 1.03 bits per heavy atom. The van der Waals surface area contributed by atoms with Crippen molar-refractivity contribution in [1.29, 1.82) is 0 Å². The van der Waals surface area contributed by atoms with Crippen molar-refractivity contribution in [2.45, 2.75) is 115 Å². The fourth-order valence-corrected chi connectivity index (χ4v) is 5.72. The van der Waals surface area contributed by atoms with Crippen LogP contribution in [0, 0.1) is 0 Å². The second-order valence-corrected chi connectivity index (χ2v) is 12.3. The highest BCUT2D eigenvalue weighted by Gasteiger charge is 2.50. The summed E-state index contributed by atoms with van der Waals surface area (Å²) in [5.41, 5.74) is -1.11. The average Bonchev–Trinajstić information content (AvgIpc) is 2.69. The number of hydrogen-bond acceptors (Lipinski definition) is 7. The number of nitrogens with zero attached hydrogens (tertiary/aromatic N) is 2. The molecule has 2 heterocycles. The van der Waals surface area contributed by atoms with E-state index in [1.54, 1.807) is 29.3 Å². The van der Waals surface area contributed by atoms with E-state index in [1.165, 1.54) is 5.06 Å². The van der Waals surface area contributed by atoms with Crippen molar-refractivity contribution in [2.24, 2.45) is 0 Å². The summed E-state index contributed by atoms with van der Waals surface area (Å²) in [6, 6.07) is 6.32. The molecular formula is C26H41N2O6+. The quantitative estimate of drug-likeness (QED) is 0.515. The number of rotatable bonds is 4. The van der Waals surface area contributed by atoms with E-state index in [-0.39, 0.29) is 12.2 Å². The molecule has 0 aromatic heterocycles. The molecule has 0 spiro atoms. The summed E-state index contributed by atoms with van der Waals surface area (Å²) in [4.78, 5) is 25.5. The average molecular weight is 478 g/mol. The van der Waals surface area contributed by atoms with Gasteiger partial charge in [0.2, 0.25) is 0 Å². The molecule has 0 aliphatic carbocycles. The molecule has 0 radical (unpaired) electrons. The summed E-state index contributed by atoms with van der Waals surface area (Å²) >= 11 is 0. The standard InChI is InChI=1S/C26H40N2O6/c1-23(2)13-19(14-24(3,4)27(23)31)33-21(29)17-9-11-18(12-10-17)22(30)34-20-15-25(5,6)28(32)26(7,8)16-20/h9-12,19-20,31-32H,13-16H2,1-8H3/p+1. The lowest BCUT2D eigenvalue weighted by atomic mass is 9.80. The SMILES string of the molecule is CC1(C)CC(OC(=O)c2ccc(C(=O)OC3CC(C)(C)N([OH2+])C(C)(C)C3)cc2)CC(C)(C)N1O. The fraction of sp³-hybridized carbons (Fsp3) is 0.692. The van der Waals surface area contributed by atoms with Crippen molar-refractivity contribution >= 4 is 11.9 Å². The van der Waals surface area contributed by atoms with Gasteiger partial charge in [-0.2, -0.15) is 5.06 Å². The predicted molar refractivity (Wildman–Crippen MR) is 129 cm³/mol. The number of esters is 2. The van der Waals surface area contributed by atoms with Crippen LogP contribution < -0.4 is 0 Å². The van der Waals surface area contributed by atoms with Gasteiger partial charge in [0.15, 0.2) is 0 Å². The molecule has 34 heavy (non-hydrogen) atoms. The van der Waals surface area contributed by atoms with Crippen LogP contribution in [0.1, 0.15) is 102 Å².